The zero-order valence-corrected chi connectivity index (χ0v) is 11.6. The summed E-state index contributed by atoms with van der Waals surface area (Å²) in [5.74, 6) is 0.793. The zero-order chi connectivity index (χ0) is 12.3. The molecule has 0 saturated heterocycles. The van der Waals surface area contributed by atoms with E-state index in [4.69, 9.17) is 10.5 Å². The maximum atomic E-state index is 10.1. The standard InChI is InChI=1S/C13H21NO2.ClH/c1-13(2,3)12(15)11(14)9-5-7-10(16-4)8-6-9;/h5-8,11-12,15H,14H2,1-4H3;1H/t11-,12-;/m0./s1. The lowest BCUT2D eigenvalue weighted by Gasteiger charge is -2.31. The Hall–Kier alpha value is -0.770. The highest BCUT2D eigenvalue weighted by Crippen LogP contribution is 2.29. The van der Waals surface area contributed by atoms with Gasteiger partial charge in [-0.3, -0.25) is 0 Å². The summed E-state index contributed by atoms with van der Waals surface area (Å²) in [7, 11) is 1.62. The van der Waals surface area contributed by atoms with Crippen LogP contribution < -0.4 is 10.5 Å². The maximum absolute atomic E-state index is 10.1. The van der Waals surface area contributed by atoms with E-state index in [-0.39, 0.29) is 23.9 Å². The van der Waals surface area contributed by atoms with Gasteiger partial charge in [0.25, 0.3) is 0 Å². The first-order valence-electron chi connectivity index (χ1n) is 5.44. The average Bonchev–Trinajstić information content (AvgIpc) is 2.26. The van der Waals surface area contributed by atoms with Crippen molar-refractivity contribution in [1.29, 1.82) is 0 Å². The van der Waals surface area contributed by atoms with E-state index in [1.165, 1.54) is 0 Å². The Bertz CT molecular complexity index is 332. The summed E-state index contributed by atoms with van der Waals surface area (Å²) in [4.78, 5) is 0. The number of ether oxygens (including phenoxy) is 1. The number of nitrogens with two attached hydrogens (primary N) is 1. The Kier molecular flexibility index (Phi) is 5.96. The molecule has 0 aliphatic carbocycles. The molecular formula is C13H22ClNO2. The summed E-state index contributed by atoms with van der Waals surface area (Å²) in [5, 5.41) is 10.1. The van der Waals surface area contributed by atoms with Gasteiger partial charge >= 0.3 is 0 Å². The summed E-state index contributed by atoms with van der Waals surface area (Å²) in [6.07, 6.45) is -0.569. The van der Waals surface area contributed by atoms with E-state index in [0.29, 0.717) is 0 Å². The van der Waals surface area contributed by atoms with Crippen LogP contribution in [0.3, 0.4) is 0 Å². The lowest BCUT2D eigenvalue weighted by molar-refractivity contribution is 0.0401. The molecule has 0 amide bonds. The molecule has 0 fully saturated rings. The third kappa shape index (κ3) is 4.19. The molecule has 1 aromatic rings. The van der Waals surface area contributed by atoms with Crippen LogP contribution in [0.15, 0.2) is 24.3 Å². The van der Waals surface area contributed by atoms with Crippen molar-refractivity contribution in [2.45, 2.75) is 32.9 Å². The van der Waals surface area contributed by atoms with E-state index in [1.54, 1.807) is 7.11 Å². The first-order chi connectivity index (χ1) is 7.36. The van der Waals surface area contributed by atoms with Gasteiger partial charge < -0.3 is 15.6 Å². The van der Waals surface area contributed by atoms with Crippen LogP contribution in [0.25, 0.3) is 0 Å². The Morgan fingerprint density at radius 3 is 2.00 bits per heavy atom. The van der Waals surface area contributed by atoms with Crippen LogP contribution in [0.2, 0.25) is 0 Å². The summed E-state index contributed by atoms with van der Waals surface area (Å²) >= 11 is 0. The first kappa shape index (κ1) is 16.2. The maximum Gasteiger partial charge on any atom is 0.118 e. The van der Waals surface area contributed by atoms with Gasteiger partial charge in [0.1, 0.15) is 5.75 Å². The van der Waals surface area contributed by atoms with Gasteiger partial charge in [0.05, 0.1) is 19.3 Å². The Labute approximate surface area is 109 Å². The Balaban J connectivity index is 0.00000256. The number of hydrogen-bond donors (Lipinski definition) is 2. The molecule has 98 valence electrons. The second-order valence-electron chi connectivity index (χ2n) is 5.11. The molecule has 3 nitrogen and oxygen atoms in total. The van der Waals surface area contributed by atoms with Crippen LogP contribution in [-0.4, -0.2) is 18.3 Å². The van der Waals surface area contributed by atoms with E-state index in [9.17, 15) is 5.11 Å². The normalized spacial score (nSPS) is 14.7. The SMILES string of the molecule is COc1ccc([C@H](N)[C@H](O)C(C)(C)C)cc1.Cl. The molecule has 0 saturated carbocycles. The molecule has 0 spiro atoms. The monoisotopic (exact) mass is 259 g/mol. The van der Waals surface area contributed by atoms with Gasteiger partial charge in [-0.2, -0.15) is 0 Å². The fraction of sp³-hybridized carbons (Fsp3) is 0.538. The topological polar surface area (TPSA) is 55.5 Å². The van der Waals surface area contributed by atoms with E-state index in [2.05, 4.69) is 0 Å². The van der Waals surface area contributed by atoms with Gasteiger partial charge in [-0.25, -0.2) is 0 Å². The molecule has 0 unspecified atom stereocenters. The summed E-state index contributed by atoms with van der Waals surface area (Å²) in [6.45, 7) is 5.92. The van der Waals surface area contributed by atoms with Crippen molar-refractivity contribution in [3.8, 4) is 5.75 Å². The highest BCUT2D eigenvalue weighted by atomic mass is 35.5. The lowest BCUT2D eigenvalue weighted by atomic mass is 9.82. The van der Waals surface area contributed by atoms with Gasteiger partial charge in [-0.05, 0) is 23.1 Å². The molecule has 0 heterocycles. The third-order valence-corrected chi connectivity index (χ3v) is 2.73. The molecule has 3 N–H and O–H groups in total. The van der Waals surface area contributed by atoms with Crippen LogP contribution in [0.1, 0.15) is 32.4 Å². The molecule has 1 aromatic carbocycles. The van der Waals surface area contributed by atoms with Crippen LogP contribution >= 0.6 is 12.4 Å². The van der Waals surface area contributed by atoms with Crippen molar-refractivity contribution < 1.29 is 9.84 Å². The first-order valence-corrected chi connectivity index (χ1v) is 5.44. The Morgan fingerprint density at radius 2 is 1.65 bits per heavy atom. The third-order valence-electron chi connectivity index (χ3n) is 2.73. The van der Waals surface area contributed by atoms with Crippen LogP contribution in [-0.2, 0) is 0 Å². The molecule has 2 atom stereocenters. The number of benzene rings is 1. The molecule has 4 heteroatoms. The van der Waals surface area contributed by atoms with Gasteiger partial charge in [-0.1, -0.05) is 32.9 Å². The minimum Gasteiger partial charge on any atom is -0.497 e. The smallest absolute Gasteiger partial charge is 0.118 e. The van der Waals surface area contributed by atoms with E-state index in [0.717, 1.165) is 11.3 Å². The molecule has 0 aliphatic heterocycles. The lowest BCUT2D eigenvalue weighted by Crippen LogP contribution is -2.36. The largest absolute Gasteiger partial charge is 0.497 e. The van der Waals surface area contributed by atoms with E-state index in [1.807, 2.05) is 45.0 Å². The van der Waals surface area contributed by atoms with Crippen LogP contribution in [0, 0.1) is 5.41 Å². The van der Waals surface area contributed by atoms with E-state index < -0.39 is 6.10 Å². The van der Waals surface area contributed by atoms with Crippen molar-refractivity contribution in [3.05, 3.63) is 29.8 Å². The second-order valence-corrected chi connectivity index (χ2v) is 5.11. The predicted molar refractivity (Wildman–Crippen MR) is 72.6 cm³/mol. The fourth-order valence-corrected chi connectivity index (χ4v) is 1.55. The second kappa shape index (κ2) is 6.24. The van der Waals surface area contributed by atoms with Crippen molar-refractivity contribution in [2.24, 2.45) is 11.1 Å². The van der Waals surface area contributed by atoms with Crippen LogP contribution in [0.4, 0.5) is 0 Å². The van der Waals surface area contributed by atoms with Crippen molar-refractivity contribution in [2.75, 3.05) is 7.11 Å². The molecule has 0 aromatic heterocycles. The van der Waals surface area contributed by atoms with Crippen molar-refractivity contribution in [1.82, 2.24) is 0 Å². The van der Waals surface area contributed by atoms with Gasteiger partial charge in [0.15, 0.2) is 0 Å². The molecule has 0 bridgehead atoms. The molecule has 17 heavy (non-hydrogen) atoms. The minimum absolute atomic E-state index is 0. The molecule has 0 aliphatic rings. The number of rotatable bonds is 3. The number of halogens is 1. The number of aliphatic hydroxyl groups is 1. The highest BCUT2D eigenvalue weighted by molar-refractivity contribution is 5.85. The molecule has 0 radical (unpaired) electrons. The Morgan fingerprint density at radius 1 is 1.18 bits per heavy atom. The number of hydrogen-bond acceptors (Lipinski definition) is 3. The summed E-state index contributed by atoms with van der Waals surface area (Å²) < 4.78 is 5.07. The quantitative estimate of drug-likeness (QED) is 0.877. The number of aliphatic hydroxyl groups excluding tert-OH is 1. The van der Waals surface area contributed by atoms with Crippen molar-refractivity contribution >= 4 is 12.4 Å². The average molecular weight is 260 g/mol. The molecular weight excluding hydrogens is 238 g/mol. The molecule has 1 rings (SSSR count). The van der Waals surface area contributed by atoms with Crippen LogP contribution in [0.5, 0.6) is 5.75 Å². The van der Waals surface area contributed by atoms with Gasteiger partial charge in [-0.15, -0.1) is 12.4 Å². The van der Waals surface area contributed by atoms with Gasteiger partial charge in [0, 0.05) is 0 Å². The van der Waals surface area contributed by atoms with E-state index >= 15 is 0 Å². The predicted octanol–water partition coefficient (Wildman–Crippen LogP) is 2.52. The highest BCUT2D eigenvalue weighted by Gasteiger charge is 2.28. The number of methoxy groups -OCH3 is 1. The van der Waals surface area contributed by atoms with Crippen molar-refractivity contribution in [3.63, 3.8) is 0 Å². The fourth-order valence-electron chi connectivity index (χ4n) is 1.55. The van der Waals surface area contributed by atoms with Gasteiger partial charge in [0.2, 0.25) is 0 Å². The zero-order valence-electron chi connectivity index (χ0n) is 10.8. The summed E-state index contributed by atoms with van der Waals surface area (Å²) in [5.41, 5.74) is 6.72. The minimum atomic E-state index is -0.569. The summed E-state index contributed by atoms with van der Waals surface area (Å²) in [6, 6.07) is 7.11.